The van der Waals surface area contributed by atoms with Gasteiger partial charge in [0.2, 0.25) is 0 Å². The Hall–Kier alpha value is -3.23. The number of hydrogen-bond acceptors (Lipinski definition) is 5. The van der Waals surface area contributed by atoms with Gasteiger partial charge in [0.05, 0.1) is 46.8 Å². The third-order valence-corrected chi connectivity index (χ3v) is 6.46. The molecule has 9 heteroatoms. The molecule has 4 aromatic rings. The van der Waals surface area contributed by atoms with Crippen molar-refractivity contribution in [2.24, 2.45) is 0 Å². The van der Waals surface area contributed by atoms with Crippen LogP contribution in [-0.2, 0) is 4.74 Å². The summed E-state index contributed by atoms with van der Waals surface area (Å²) in [6, 6.07) is 9.21. The summed E-state index contributed by atoms with van der Waals surface area (Å²) in [6.45, 7) is 8.62. The standard InChI is InChI=1S/C23H23ClN6O2.C3H8/c1-13-4-7-19(30-25-8-9-26-30)16(10-13)23(31)29-12-15(32-3)11-20(29)22-27-18-6-5-17(24)14(2)21(18)28-22;1-3-2/h4-10,15,20H,11-12H2,1-3H3,(H,27,28);3H2,1-2H3. The molecule has 0 spiro atoms. The largest absolute Gasteiger partial charge is 0.380 e. The number of aryl methyl sites for hydroxylation is 2. The van der Waals surface area contributed by atoms with E-state index in [1.165, 1.54) is 11.2 Å². The van der Waals surface area contributed by atoms with Gasteiger partial charge in [-0.15, -0.1) is 0 Å². The van der Waals surface area contributed by atoms with Crippen molar-refractivity contribution in [3.05, 3.63) is 70.3 Å². The maximum Gasteiger partial charge on any atom is 0.256 e. The van der Waals surface area contributed by atoms with E-state index in [0.717, 1.165) is 28.0 Å². The van der Waals surface area contributed by atoms with Crippen molar-refractivity contribution < 1.29 is 9.53 Å². The molecule has 184 valence electrons. The SMILES string of the molecule is CCC.COC1CC(c2nc3c(C)c(Cl)ccc3[nH]2)N(C(=O)c2cc(C)ccc2-n2nccn2)C1. The number of fused-ring (bicyclic) bond motifs is 1. The zero-order valence-corrected chi connectivity index (χ0v) is 21.5. The Balaban J connectivity index is 0.000000917. The molecule has 0 aliphatic carbocycles. The van der Waals surface area contributed by atoms with E-state index in [4.69, 9.17) is 21.3 Å². The highest BCUT2D eigenvalue weighted by Crippen LogP contribution is 2.36. The number of methoxy groups -OCH3 is 1. The number of nitrogens with one attached hydrogen (secondary N) is 1. The zero-order chi connectivity index (χ0) is 25.1. The number of amides is 1. The molecule has 3 heterocycles. The van der Waals surface area contributed by atoms with Gasteiger partial charge in [-0.1, -0.05) is 43.5 Å². The van der Waals surface area contributed by atoms with Crippen LogP contribution in [0.4, 0.5) is 0 Å². The average Bonchev–Trinajstić information content (AvgIpc) is 3.61. The van der Waals surface area contributed by atoms with Crippen molar-refractivity contribution >= 4 is 28.5 Å². The number of halogens is 1. The van der Waals surface area contributed by atoms with Gasteiger partial charge >= 0.3 is 0 Å². The fourth-order valence-corrected chi connectivity index (χ4v) is 4.46. The number of nitrogens with zero attached hydrogens (tertiary/aromatic N) is 5. The first kappa shape index (κ1) is 24.9. The first-order valence-corrected chi connectivity index (χ1v) is 12.2. The number of benzene rings is 2. The molecule has 2 aromatic heterocycles. The molecule has 1 fully saturated rings. The highest BCUT2D eigenvalue weighted by atomic mass is 35.5. The van der Waals surface area contributed by atoms with Crippen molar-refractivity contribution in [2.45, 2.75) is 52.7 Å². The van der Waals surface area contributed by atoms with Crippen LogP contribution < -0.4 is 0 Å². The second kappa shape index (κ2) is 10.6. The van der Waals surface area contributed by atoms with E-state index < -0.39 is 0 Å². The molecule has 1 amide bonds. The molecule has 1 aliphatic rings. The lowest BCUT2D eigenvalue weighted by Crippen LogP contribution is -2.33. The quantitative estimate of drug-likeness (QED) is 0.408. The van der Waals surface area contributed by atoms with E-state index in [1.807, 2.05) is 49.1 Å². The molecule has 1 N–H and O–H groups in total. The van der Waals surface area contributed by atoms with Crippen LogP contribution >= 0.6 is 11.6 Å². The number of likely N-dealkylation sites (tertiary alicyclic amines) is 1. The van der Waals surface area contributed by atoms with Crippen LogP contribution in [0.15, 0.2) is 42.7 Å². The second-order valence-electron chi connectivity index (χ2n) is 8.80. The van der Waals surface area contributed by atoms with Gasteiger partial charge in [0.25, 0.3) is 5.91 Å². The molecule has 2 unspecified atom stereocenters. The van der Waals surface area contributed by atoms with E-state index in [2.05, 4.69) is 29.0 Å². The first-order chi connectivity index (χ1) is 16.9. The number of H-pyrrole nitrogens is 1. The van der Waals surface area contributed by atoms with Gasteiger partial charge in [0, 0.05) is 25.1 Å². The van der Waals surface area contributed by atoms with E-state index in [1.54, 1.807) is 19.5 Å². The summed E-state index contributed by atoms with van der Waals surface area (Å²) in [5, 5.41) is 9.11. The van der Waals surface area contributed by atoms with Gasteiger partial charge in [-0.25, -0.2) is 4.98 Å². The maximum absolute atomic E-state index is 13.8. The molecule has 0 bridgehead atoms. The van der Waals surface area contributed by atoms with E-state index in [0.29, 0.717) is 29.2 Å². The van der Waals surface area contributed by atoms with Crippen LogP contribution in [0.2, 0.25) is 5.02 Å². The minimum Gasteiger partial charge on any atom is -0.380 e. The van der Waals surface area contributed by atoms with E-state index in [9.17, 15) is 4.79 Å². The smallest absolute Gasteiger partial charge is 0.256 e. The van der Waals surface area contributed by atoms with Crippen molar-refractivity contribution in [1.29, 1.82) is 0 Å². The van der Waals surface area contributed by atoms with Gasteiger partial charge in [0.1, 0.15) is 5.82 Å². The molecule has 2 atom stereocenters. The fraction of sp³-hybridized carbons (Fsp3) is 0.385. The summed E-state index contributed by atoms with van der Waals surface area (Å²) >= 11 is 6.29. The number of aromatic nitrogens is 5. The Kier molecular flexibility index (Phi) is 7.52. The summed E-state index contributed by atoms with van der Waals surface area (Å²) < 4.78 is 5.64. The van der Waals surface area contributed by atoms with Crippen molar-refractivity contribution in [3.63, 3.8) is 0 Å². The molecular weight excluding hydrogens is 464 g/mol. The van der Waals surface area contributed by atoms with E-state index in [-0.39, 0.29) is 18.1 Å². The number of hydrogen-bond donors (Lipinski definition) is 1. The molecule has 5 rings (SSSR count). The monoisotopic (exact) mass is 494 g/mol. The van der Waals surface area contributed by atoms with Gasteiger partial charge in [-0.3, -0.25) is 4.79 Å². The highest BCUT2D eigenvalue weighted by Gasteiger charge is 2.39. The lowest BCUT2D eigenvalue weighted by atomic mass is 10.1. The predicted molar refractivity (Wildman–Crippen MR) is 137 cm³/mol. The van der Waals surface area contributed by atoms with Gasteiger partial charge < -0.3 is 14.6 Å². The third kappa shape index (κ3) is 4.94. The second-order valence-corrected chi connectivity index (χ2v) is 9.21. The Bertz CT molecular complexity index is 1320. The minimum absolute atomic E-state index is 0.0852. The number of aromatic amines is 1. The summed E-state index contributed by atoms with van der Waals surface area (Å²) in [7, 11) is 1.67. The average molecular weight is 495 g/mol. The summed E-state index contributed by atoms with van der Waals surface area (Å²) in [4.78, 5) is 25.3. The number of imidazole rings is 1. The summed E-state index contributed by atoms with van der Waals surface area (Å²) in [5.41, 5.74) is 4.79. The van der Waals surface area contributed by atoms with Crippen LogP contribution in [-0.4, -0.2) is 55.5 Å². The van der Waals surface area contributed by atoms with Crippen LogP contribution in [0.3, 0.4) is 0 Å². The lowest BCUT2D eigenvalue weighted by molar-refractivity contribution is 0.0684. The number of rotatable bonds is 4. The zero-order valence-electron chi connectivity index (χ0n) is 20.7. The van der Waals surface area contributed by atoms with Crippen LogP contribution in [0.1, 0.15) is 60.0 Å². The Morgan fingerprint density at radius 3 is 2.57 bits per heavy atom. The molecular formula is C26H31ClN6O2. The van der Waals surface area contributed by atoms with Crippen molar-refractivity contribution in [1.82, 2.24) is 29.9 Å². The Morgan fingerprint density at radius 1 is 1.17 bits per heavy atom. The molecule has 1 aliphatic heterocycles. The first-order valence-electron chi connectivity index (χ1n) is 11.8. The summed E-state index contributed by atoms with van der Waals surface area (Å²) in [5.74, 6) is 0.616. The Morgan fingerprint density at radius 2 is 1.89 bits per heavy atom. The van der Waals surface area contributed by atoms with Crippen LogP contribution in [0, 0.1) is 13.8 Å². The molecule has 0 saturated carbocycles. The minimum atomic E-state index is -0.253. The van der Waals surface area contributed by atoms with Gasteiger partial charge in [-0.05, 0) is 43.7 Å². The third-order valence-electron chi connectivity index (χ3n) is 6.05. The molecule has 0 radical (unpaired) electrons. The van der Waals surface area contributed by atoms with Crippen LogP contribution in [0.25, 0.3) is 16.7 Å². The topological polar surface area (TPSA) is 88.9 Å². The number of carbonyl (C=O) groups is 1. The fourth-order valence-electron chi connectivity index (χ4n) is 4.31. The van der Waals surface area contributed by atoms with E-state index >= 15 is 0 Å². The van der Waals surface area contributed by atoms with Crippen molar-refractivity contribution in [2.75, 3.05) is 13.7 Å². The predicted octanol–water partition coefficient (Wildman–Crippen LogP) is 5.43. The molecule has 1 saturated heterocycles. The maximum atomic E-state index is 13.8. The van der Waals surface area contributed by atoms with Gasteiger partial charge in [0.15, 0.2) is 0 Å². The van der Waals surface area contributed by atoms with Crippen LogP contribution in [0.5, 0.6) is 0 Å². The molecule has 2 aromatic carbocycles. The number of carbonyl (C=O) groups excluding carboxylic acids is 1. The van der Waals surface area contributed by atoms with Gasteiger partial charge in [-0.2, -0.15) is 15.0 Å². The Labute approximate surface area is 210 Å². The number of ether oxygens (including phenoxy) is 1. The highest BCUT2D eigenvalue weighted by molar-refractivity contribution is 6.32. The summed E-state index contributed by atoms with van der Waals surface area (Å²) in [6.07, 6.45) is 5.00. The van der Waals surface area contributed by atoms with Crippen molar-refractivity contribution in [3.8, 4) is 5.69 Å². The normalized spacial score (nSPS) is 17.5. The lowest BCUT2D eigenvalue weighted by Gasteiger charge is -2.24. The molecule has 8 nitrogen and oxygen atoms in total. The molecule has 35 heavy (non-hydrogen) atoms.